The maximum atomic E-state index is 14.0. The van der Waals surface area contributed by atoms with Gasteiger partial charge < -0.3 is 0 Å². The number of nitrogens with zero attached hydrogens (tertiary/aromatic N) is 4. The minimum Gasteiger partial charge on any atom is -0.216 e. The van der Waals surface area contributed by atoms with Crippen LogP contribution in [0.15, 0.2) is 6.33 Å². The van der Waals surface area contributed by atoms with E-state index in [-0.39, 0.29) is 22.7 Å². The van der Waals surface area contributed by atoms with E-state index in [4.69, 9.17) is 0 Å². The van der Waals surface area contributed by atoms with Crippen LogP contribution in [0.25, 0.3) is 16.9 Å². The second-order valence-electron chi connectivity index (χ2n) is 4.57. The molecular weight excluding hydrogens is 307 g/mol. The summed E-state index contributed by atoms with van der Waals surface area (Å²) in [7, 11) is 0. The average molecular weight is 314 g/mol. The van der Waals surface area contributed by atoms with Gasteiger partial charge in [0.25, 0.3) is 5.78 Å². The van der Waals surface area contributed by atoms with Crippen molar-refractivity contribution in [2.75, 3.05) is 0 Å². The van der Waals surface area contributed by atoms with E-state index < -0.39 is 34.6 Å². The van der Waals surface area contributed by atoms with E-state index in [9.17, 15) is 22.0 Å². The fourth-order valence-electron chi connectivity index (χ4n) is 2.31. The Morgan fingerprint density at radius 2 is 1.36 bits per heavy atom. The van der Waals surface area contributed by atoms with Crippen molar-refractivity contribution in [3.8, 4) is 11.1 Å². The van der Waals surface area contributed by atoms with Gasteiger partial charge in [0.15, 0.2) is 23.3 Å². The van der Waals surface area contributed by atoms with Gasteiger partial charge in [-0.2, -0.15) is 10.1 Å². The summed E-state index contributed by atoms with van der Waals surface area (Å²) < 4.78 is 69.0. The molecule has 3 rings (SSSR count). The second-order valence-corrected chi connectivity index (χ2v) is 4.57. The number of benzene rings is 1. The molecule has 2 heterocycles. The van der Waals surface area contributed by atoms with Crippen molar-refractivity contribution >= 4 is 5.78 Å². The third kappa shape index (κ3) is 1.78. The first kappa shape index (κ1) is 14.4. The summed E-state index contributed by atoms with van der Waals surface area (Å²) in [5, 5.41) is 3.80. The van der Waals surface area contributed by atoms with Crippen LogP contribution in [0.2, 0.25) is 0 Å². The smallest absolute Gasteiger partial charge is 0.216 e. The molecule has 2 aromatic heterocycles. The van der Waals surface area contributed by atoms with Crippen LogP contribution in [0.5, 0.6) is 0 Å². The lowest BCUT2D eigenvalue weighted by Crippen LogP contribution is -2.09. The molecule has 0 atom stereocenters. The predicted molar refractivity (Wildman–Crippen MR) is 65.5 cm³/mol. The number of rotatable bonds is 1. The van der Waals surface area contributed by atoms with Gasteiger partial charge in [0.05, 0.1) is 17.0 Å². The molecule has 22 heavy (non-hydrogen) atoms. The molecular formula is C13H7F5N4. The lowest BCUT2D eigenvalue weighted by atomic mass is 10.0. The maximum Gasteiger partial charge on any atom is 0.252 e. The molecule has 0 fully saturated rings. The summed E-state index contributed by atoms with van der Waals surface area (Å²) in [4.78, 5) is 7.77. The average Bonchev–Trinajstić information content (AvgIpc) is 2.95. The molecule has 0 spiro atoms. The molecule has 0 saturated heterocycles. The highest BCUT2D eigenvalue weighted by Crippen LogP contribution is 2.34. The Morgan fingerprint density at radius 1 is 0.818 bits per heavy atom. The van der Waals surface area contributed by atoms with Crippen LogP contribution < -0.4 is 0 Å². The van der Waals surface area contributed by atoms with Crippen LogP contribution in [-0.2, 0) is 0 Å². The highest BCUT2D eigenvalue weighted by Gasteiger charge is 2.29. The fraction of sp³-hybridized carbons (Fsp3) is 0.154. The molecule has 0 radical (unpaired) electrons. The van der Waals surface area contributed by atoms with Gasteiger partial charge in [0, 0.05) is 5.56 Å². The molecule has 0 unspecified atom stereocenters. The van der Waals surface area contributed by atoms with E-state index in [0.29, 0.717) is 0 Å². The highest BCUT2D eigenvalue weighted by molar-refractivity contribution is 5.70. The van der Waals surface area contributed by atoms with Crippen molar-refractivity contribution < 1.29 is 22.0 Å². The summed E-state index contributed by atoms with van der Waals surface area (Å²) in [6, 6.07) is 0. The van der Waals surface area contributed by atoms with E-state index in [1.807, 2.05) is 0 Å². The summed E-state index contributed by atoms with van der Waals surface area (Å²) >= 11 is 0. The number of hydrogen-bond donors (Lipinski definition) is 0. The van der Waals surface area contributed by atoms with Gasteiger partial charge in [-0.1, -0.05) is 0 Å². The van der Waals surface area contributed by atoms with E-state index in [1.54, 1.807) is 0 Å². The largest absolute Gasteiger partial charge is 0.252 e. The first-order valence-electron chi connectivity index (χ1n) is 6.03. The second kappa shape index (κ2) is 4.72. The van der Waals surface area contributed by atoms with Crippen LogP contribution in [0.3, 0.4) is 0 Å². The van der Waals surface area contributed by atoms with Crippen LogP contribution in [0, 0.1) is 42.9 Å². The molecule has 4 nitrogen and oxygen atoms in total. The molecule has 3 aromatic rings. The third-order valence-electron chi connectivity index (χ3n) is 3.30. The van der Waals surface area contributed by atoms with Crippen LogP contribution in [0.1, 0.15) is 11.4 Å². The Labute approximate surface area is 120 Å². The van der Waals surface area contributed by atoms with Crippen molar-refractivity contribution in [1.82, 2.24) is 19.6 Å². The van der Waals surface area contributed by atoms with Gasteiger partial charge >= 0.3 is 0 Å². The van der Waals surface area contributed by atoms with Crippen molar-refractivity contribution in [3.63, 3.8) is 0 Å². The van der Waals surface area contributed by atoms with Crippen molar-refractivity contribution in [1.29, 1.82) is 0 Å². The Hall–Kier alpha value is -2.58. The standard InChI is InChI=1S/C13H7F5N4/c1-4-6(5(2)22-13(21-4)19-3-20-22)7-8(14)10(16)12(18)11(17)9(7)15/h3H,1-2H3. The number of aromatic nitrogens is 4. The molecule has 9 heteroatoms. The Bertz CT molecular complexity index is 890. The lowest BCUT2D eigenvalue weighted by molar-refractivity contribution is 0.381. The summed E-state index contributed by atoms with van der Waals surface area (Å²) in [6.45, 7) is 2.80. The number of fused-ring (bicyclic) bond motifs is 1. The maximum absolute atomic E-state index is 14.0. The molecule has 0 aliphatic carbocycles. The number of hydrogen-bond acceptors (Lipinski definition) is 3. The Morgan fingerprint density at radius 3 is 1.95 bits per heavy atom. The molecule has 0 bridgehead atoms. The summed E-state index contributed by atoms with van der Waals surface area (Å²) in [6.07, 6.45) is 1.16. The highest BCUT2D eigenvalue weighted by atomic mass is 19.2. The molecule has 0 amide bonds. The van der Waals surface area contributed by atoms with E-state index in [2.05, 4.69) is 15.1 Å². The van der Waals surface area contributed by atoms with Crippen LogP contribution in [0.4, 0.5) is 22.0 Å². The van der Waals surface area contributed by atoms with Gasteiger partial charge in [-0.3, -0.25) is 0 Å². The third-order valence-corrected chi connectivity index (χ3v) is 3.30. The molecule has 0 N–H and O–H groups in total. The van der Waals surface area contributed by atoms with E-state index in [1.165, 1.54) is 13.8 Å². The first-order chi connectivity index (χ1) is 10.3. The Kier molecular flexibility index (Phi) is 3.08. The number of halogens is 5. The lowest BCUT2D eigenvalue weighted by Gasteiger charge is -2.13. The molecule has 0 saturated carbocycles. The monoisotopic (exact) mass is 314 g/mol. The number of aryl methyl sites for hydroxylation is 2. The van der Waals surface area contributed by atoms with Gasteiger partial charge in [-0.05, 0) is 13.8 Å². The minimum atomic E-state index is -2.20. The van der Waals surface area contributed by atoms with Crippen molar-refractivity contribution in [3.05, 3.63) is 46.8 Å². The molecule has 0 aliphatic rings. The quantitative estimate of drug-likeness (QED) is 0.394. The zero-order valence-electron chi connectivity index (χ0n) is 11.3. The molecule has 1 aromatic carbocycles. The summed E-state index contributed by atoms with van der Waals surface area (Å²) in [5.74, 6) is -9.89. The minimum absolute atomic E-state index is 0.0706. The fourth-order valence-corrected chi connectivity index (χ4v) is 2.31. The normalized spacial score (nSPS) is 11.4. The Balaban J connectivity index is 2.47. The van der Waals surface area contributed by atoms with Crippen molar-refractivity contribution in [2.45, 2.75) is 13.8 Å². The zero-order valence-corrected chi connectivity index (χ0v) is 11.3. The van der Waals surface area contributed by atoms with Gasteiger partial charge in [0.1, 0.15) is 6.33 Å². The van der Waals surface area contributed by atoms with Crippen molar-refractivity contribution in [2.24, 2.45) is 0 Å². The van der Waals surface area contributed by atoms with Crippen LogP contribution in [-0.4, -0.2) is 19.6 Å². The zero-order chi connectivity index (χ0) is 16.2. The molecule has 114 valence electrons. The first-order valence-corrected chi connectivity index (χ1v) is 6.03. The SMILES string of the molecule is Cc1nc2ncnn2c(C)c1-c1c(F)c(F)c(F)c(F)c1F. The molecule has 0 aliphatic heterocycles. The van der Waals surface area contributed by atoms with E-state index in [0.717, 1.165) is 10.8 Å². The predicted octanol–water partition coefficient (Wildman–Crippen LogP) is 3.10. The van der Waals surface area contributed by atoms with Crippen LogP contribution >= 0.6 is 0 Å². The van der Waals surface area contributed by atoms with E-state index >= 15 is 0 Å². The summed E-state index contributed by atoms with van der Waals surface area (Å²) in [5.41, 5.74) is -1.02. The van der Waals surface area contributed by atoms with Gasteiger partial charge in [-0.15, -0.1) is 0 Å². The van der Waals surface area contributed by atoms with Gasteiger partial charge in [-0.25, -0.2) is 31.5 Å². The van der Waals surface area contributed by atoms with Gasteiger partial charge in [0.2, 0.25) is 5.82 Å². The topological polar surface area (TPSA) is 43.1 Å².